The number of carbonyl (C=O) groups is 1. The first kappa shape index (κ1) is 14.9. The lowest BCUT2D eigenvalue weighted by Crippen LogP contribution is -2.28. The molecule has 0 saturated heterocycles. The number of benzene rings is 1. The van der Waals surface area contributed by atoms with Crippen LogP contribution < -0.4 is 0 Å². The van der Waals surface area contributed by atoms with Crippen LogP contribution in [0.1, 0.15) is 19.4 Å². The molecule has 0 spiro atoms. The third kappa shape index (κ3) is 4.54. The zero-order chi connectivity index (χ0) is 14.4. The topological polar surface area (TPSA) is 63.5 Å². The van der Waals surface area contributed by atoms with E-state index >= 15 is 0 Å². The Morgan fingerprint density at radius 2 is 2.05 bits per heavy atom. The fourth-order valence-electron chi connectivity index (χ4n) is 1.72. The molecule has 5 nitrogen and oxygen atoms in total. The molecule has 19 heavy (non-hydrogen) atoms. The minimum atomic E-state index is -0.456. The van der Waals surface area contributed by atoms with Gasteiger partial charge in [-0.05, 0) is 18.1 Å². The Kier molecular flexibility index (Phi) is 5.23. The fraction of sp³-hybridized carbons (Fsp3) is 0.357. The van der Waals surface area contributed by atoms with Crippen LogP contribution in [0.15, 0.2) is 30.3 Å². The molecule has 0 fully saturated rings. The number of nitro benzene ring substituents is 1. The zero-order valence-electron chi connectivity index (χ0n) is 11.4. The molecule has 0 heterocycles. The van der Waals surface area contributed by atoms with E-state index in [1.54, 1.807) is 30.1 Å². The Balaban J connectivity index is 2.82. The Morgan fingerprint density at radius 1 is 1.42 bits per heavy atom. The third-order valence-corrected chi connectivity index (χ3v) is 2.55. The molecule has 102 valence electrons. The summed E-state index contributed by atoms with van der Waals surface area (Å²) in [6.07, 6.45) is 2.85. The predicted octanol–water partition coefficient (Wildman–Crippen LogP) is 2.72. The molecule has 0 aromatic heterocycles. The molecule has 0 bridgehead atoms. The summed E-state index contributed by atoms with van der Waals surface area (Å²) in [5, 5.41) is 10.8. The van der Waals surface area contributed by atoms with E-state index in [9.17, 15) is 14.9 Å². The Morgan fingerprint density at radius 3 is 2.63 bits per heavy atom. The van der Waals surface area contributed by atoms with Gasteiger partial charge in [0.05, 0.1) is 10.5 Å². The average Bonchev–Trinajstić information content (AvgIpc) is 2.35. The van der Waals surface area contributed by atoms with Crippen molar-refractivity contribution in [3.05, 3.63) is 46.0 Å². The molecular weight excluding hydrogens is 244 g/mol. The Labute approximate surface area is 112 Å². The van der Waals surface area contributed by atoms with Crippen molar-refractivity contribution in [2.75, 3.05) is 13.6 Å². The summed E-state index contributed by atoms with van der Waals surface area (Å²) in [5.74, 6) is 0.222. The summed E-state index contributed by atoms with van der Waals surface area (Å²) in [7, 11) is 1.71. The molecule has 0 N–H and O–H groups in total. The van der Waals surface area contributed by atoms with Gasteiger partial charge in [-0.15, -0.1) is 0 Å². The van der Waals surface area contributed by atoms with Crippen LogP contribution in [-0.2, 0) is 4.79 Å². The van der Waals surface area contributed by atoms with Gasteiger partial charge < -0.3 is 4.90 Å². The third-order valence-electron chi connectivity index (χ3n) is 2.55. The summed E-state index contributed by atoms with van der Waals surface area (Å²) in [6, 6.07) is 6.34. The highest BCUT2D eigenvalue weighted by Crippen LogP contribution is 2.18. The monoisotopic (exact) mass is 262 g/mol. The molecule has 0 unspecified atom stereocenters. The quantitative estimate of drug-likeness (QED) is 0.465. The smallest absolute Gasteiger partial charge is 0.276 e. The van der Waals surface area contributed by atoms with Gasteiger partial charge in [-0.25, -0.2) is 0 Å². The van der Waals surface area contributed by atoms with Crippen LogP contribution >= 0.6 is 0 Å². The van der Waals surface area contributed by atoms with Crippen molar-refractivity contribution in [2.24, 2.45) is 5.92 Å². The molecule has 0 saturated carbocycles. The lowest BCUT2D eigenvalue weighted by Gasteiger charge is -2.17. The maximum Gasteiger partial charge on any atom is 0.276 e. The maximum absolute atomic E-state index is 11.8. The largest absolute Gasteiger partial charge is 0.342 e. The summed E-state index contributed by atoms with van der Waals surface area (Å²) in [6.45, 7) is 4.70. The summed E-state index contributed by atoms with van der Waals surface area (Å²) >= 11 is 0. The van der Waals surface area contributed by atoms with Crippen molar-refractivity contribution < 1.29 is 9.72 Å². The molecule has 1 rings (SSSR count). The number of rotatable bonds is 5. The first-order valence-electron chi connectivity index (χ1n) is 6.08. The van der Waals surface area contributed by atoms with Gasteiger partial charge in [-0.1, -0.05) is 26.0 Å². The number of hydrogen-bond acceptors (Lipinski definition) is 3. The number of likely N-dealkylation sites (N-methyl/N-ethyl adjacent to an activating group) is 1. The van der Waals surface area contributed by atoms with Crippen LogP contribution in [-0.4, -0.2) is 29.3 Å². The second kappa shape index (κ2) is 6.68. The molecule has 0 atom stereocenters. The summed E-state index contributed by atoms with van der Waals surface area (Å²) in [4.78, 5) is 23.8. The number of hydrogen-bond donors (Lipinski definition) is 0. The minimum Gasteiger partial charge on any atom is -0.342 e. The number of nitro groups is 1. The molecule has 0 radical (unpaired) electrons. The molecule has 0 aliphatic rings. The van der Waals surface area contributed by atoms with Crippen LogP contribution in [0.25, 0.3) is 6.08 Å². The molecule has 1 amide bonds. The van der Waals surface area contributed by atoms with Crippen LogP contribution in [0.5, 0.6) is 0 Å². The first-order valence-corrected chi connectivity index (χ1v) is 6.08. The molecule has 5 heteroatoms. The highest BCUT2D eigenvalue weighted by atomic mass is 16.6. The number of nitrogens with zero attached hydrogens (tertiary/aromatic N) is 2. The number of amides is 1. The second-order valence-electron chi connectivity index (χ2n) is 4.76. The van der Waals surface area contributed by atoms with Gasteiger partial charge in [0.1, 0.15) is 0 Å². The van der Waals surface area contributed by atoms with Crippen molar-refractivity contribution in [3.8, 4) is 0 Å². The summed E-state index contributed by atoms with van der Waals surface area (Å²) < 4.78 is 0. The van der Waals surface area contributed by atoms with E-state index in [0.717, 1.165) is 0 Å². The molecular formula is C14H18N2O3. The average molecular weight is 262 g/mol. The van der Waals surface area contributed by atoms with Gasteiger partial charge in [0.15, 0.2) is 0 Å². The molecule has 1 aromatic rings. The van der Waals surface area contributed by atoms with Crippen molar-refractivity contribution in [1.29, 1.82) is 0 Å². The standard InChI is InChI=1S/C14H18N2O3/c1-11(2)10-15(3)14(17)9-8-12-6-4-5-7-13(12)16(18)19/h4-9,11H,10H2,1-3H3/b9-8+. The minimum absolute atomic E-state index is 0.00179. The predicted molar refractivity (Wildman–Crippen MR) is 74.6 cm³/mol. The van der Waals surface area contributed by atoms with E-state index in [-0.39, 0.29) is 11.6 Å². The van der Waals surface area contributed by atoms with E-state index < -0.39 is 4.92 Å². The van der Waals surface area contributed by atoms with E-state index in [1.165, 1.54) is 18.2 Å². The first-order chi connectivity index (χ1) is 8.91. The molecule has 0 aliphatic carbocycles. The van der Waals surface area contributed by atoms with E-state index in [4.69, 9.17) is 0 Å². The molecule has 0 aliphatic heterocycles. The van der Waals surface area contributed by atoms with Gasteiger partial charge in [-0.3, -0.25) is 14.9 Å². The second-order valence-corrected chi connectivity index (χ2v) is 4.76. The zero-order valence-corrected chi connectivity index (χ0v) is 11.4. The van der Waals surface area contributed by atoms with Crippen molar-refractivity contribution in [1.82, 2.24) is 4.90 Å². The van der Waals surface area contributed by atoms with Crippen molar-refractivity contribution >= 4 is 17.7 Å². The van der Waals surface area contributed by atoms with E-state index in [0.29, 0.717) is 18.0 Å². The van der Waals surface area contributed by atoms with Gasteiger partial charge in [-0.2, -0.15) is 0 Å². The van der Waals surface area contributed by atoms with Crippen LogP contribution in [0.4, 0.5) is 5.69 Å². The maximum atomic E-state index is 11.8. The van der Waals surface area contributed by atoms with Crippen LogP contribution in [0, 0.1) is 16.0 Å². The SMILES string of the molecule is CC(C)CN(C)C(=O)/C=C/c1ccccc1[N+](=O)[O-]. The van der Waals surface area contributed by atoms with Crippen LogP contribution in [0.3, 0.4) is 0 Å². The normalized spacial score (nSPS) is 10.9. The molecule has 1 aromatic carbocycles. The Bertz CT molecular complexity index is 495. The van der Waals surface area contributed by atoms with Crippen molar-refractivity contribution in [2.45, 2.75) is 13.8 Å². The lowest BCUT2D eigenvalue weighted by atomic mass is 10.1. The Hall–Kier alpha value is -2.17. The highest BCUT2D eigenvalue weighted by molar-refractivity contribution is 5.92. The van der Waals surface area contributed by atoms with Gasteiger partial charge >= 0.3 is 0 Å². The van der Waals surface area contributed by atoms with Gasteiger partial charge in [0.25, 0.3) is 5.69 Å². The summed E-state index contributed by atoms with van der Waals surface area (Å²) in [5.41, 5.74) is 0.428. The lowest BCUT2D eigenvalue weighted by molar-refractivity contribution is -0.385. The van der Waals surface area contributed by atoms with Gasteiger partial charge in [0.2, 0.25) is 5.91 Å². The number of carbonyl (C=O) groups excluding carboxylic acids is 1. The van der Waals surface area contributed by atoms with E-state index in [2.05, 4.69) is 0 Å². The highest BCUT2D eigenvalue weighted by Gasteiger charge is 2.11. The van der Waals surface area contributed by atoms with E-state index in [1.807, 2.05) is 13.8 Å². The van der Waals surface area contributed by atoms with Crippen molar-refractivity contribution in [3.63, 3.8) is 0 Å². The fourth-order valence-corrected chi connectivity index (χ4v) is 1.72. The van der Waals surface area contributed by atoms with Crippen LogP contribution in [0.2, 0.25) is 0 Å². The number of para-hydroxylation sites is 1. The van der Waals surface area contributed by atoms with Gasteiger partial charge in [0, 0.05) is 25.7 Å².